The minimum Gasteiger partial charge on any atom is -0.382 e. The van der Waals surface area contributed by atoms with Crippen LogP contribution in [0.1, 0.15) is 50.4 Å². The minimum atomic E-state index is 0.0427. The Hall–Kier alpha value is -3.35. The van der Waals surface area contributed by atoms with Crippen molar-refractivity contribution in [2.24, 2.45) is 22.6 Å². The average molecular weight is 421 g/mol. The van der Waals surface area contributed by atoms with Crippen molar-refractivity contribution in [2.45, 2.75) is 53.1 Å². The van der Waals surface area contributed by atoms with Gasteiger partial charge in [0.05, 0.1) is 12.2 Å². The Kier molecular flexibility index (Phi) is 7.28. The predicted molar refractivity (Wildman–Crippen MR) is 126 cm³/mol. The second-order valence-electron chi connectivity index (χ2n) is 8.25. The van der Waals surface area contributed by atoms with Crippen LogP contribution in [0.3, 0.4) is 0 Å². The maximum absolute atomic E-state index is 13.0. The summed E-state index contributed by atoms with van der Waals surface area (Å²) in [6.07, 6.45) is 6.88. The van der Waals surface area contributed by atoms with Crippen LogP contribution in [0.15, 0.2) is 58.7 Å². The van der Waals surface area contributed by atoms with Crippen LogP contribution >= 0.6 is 0 Å². The molecule has 3 aromatic rings. The number of hydrazone groups is 1. The lowest BCUT2D eigenvalue weighted by Gasteiger charge is -2.10. The van der Waals surface area contributed by atoms with Gasteiger partial charge in [0.15, 0.2) is 5.84 Å². The third kappa shape index (κ3) is 5.23. The highest BCUT2D eigenvalue weighted by Crippen LogP contribution is 2.22. The van der Waals surface area contributed by atoms with Crippen molar-refractivity contribution in [1.82, 2.24) is 14.1 Å². The van der Waals surface area contributed by atoms with E-state index in [1.807, 2.05) is 57.9 Å². The van der Waals surface area contributed by atoms with E-state index in [-0.39, 0.29) is 11.5 Å². The quantitative estimate of drug-likeness (QED) is 0.240. The maximum atomic E-state index is 13.0. The molecule has 0 radical (unpaired) electrons. The number of aryl methyl sites for hydroxylation is 1. The van der Waals surface area contributed by atoms with Gasteiger partial charge >= 0.3 is 5.69 Å². The summed E-state index contributed by atoms with van der Waals surface area (Å²) in [7, 11) is 0. The SMILES string of the molecule is CCCCc1cn(CC(C)C)c(=O)n1Cc1ccc(-c2ccccc2/C(N)=N/N)nc1. The largest absolute Gasteiger partial charge is 0.382 e. The number of pyridine rings is 1. The number of benzene rings is 1. The normalized spacial score (nSPS) is 11.9. The van der Waals surface area contributed by atoms with Crippen molar-refractivity contribution in [1.29, 1.82) is 0 Å². The highest BCUT2D eigenvalue weighted by molar-refractivity contribution is 6.02. The lowest BCUT2D eigenvalue weighted by Crippen LogP contribution is -2.26. The van der Waals surface area contributed by atoms with Crippen LogP contribution in [0.5, 0.6) is 0 Å². The number of imidazole rings is 1. The van der Waals surface area contributed by atoms with Crippen LogP contribution < -0.4 is 17.3 Å². The number of unbranched alkanes of at least 4 members (excludes halogenated alkanes) is 1. The van der Waals surface area contributed by atoms with Gasteiger partial charge in [-0.3, -0.25) is 14.1 Å². The Labute approximate surface area is 183 Å². The molecule has 0 aliphatic rings. The monoisotopic (exact) mass is 420 g/mol. The molecule has 0 fully saturated rings. The Balaban J connectivity index is 1.90. The van der Waals surface area contributed by atoms with E-state index in [1.54, 1.807) is 0 Å². The van der Waals surface area contributed by atoms with E-state index in [4.69, 9.17) is 11.6 Å². The number of nitrogens with zero attached hydrogens (tertiary/aromatic N) is 4. The third-order valence-electron chi connectivity index (χ3n) is 5.26. The van der Waals surface area contributed by atoms with Gasteiger partial charge in [-0.25, -0.2) is 4.79 Å². The molecule has 4 N–H and O–H groups in total. The summed E-state index contributed by atoms with van der Waals surface area (Å²) in [6, 6.07) is 11.6. The van der Waals surface area contributed by atoms with Crippen molar-refractivity contribution >= 4 is 5.84 Å². The molecule has 2 heterocycles. The van der Waals surface area contributed by atoms with Crippen LogP contribution in [0.25, 0.3) is 11.3 Å². The van der Waals surface area contributed by atoms with Gasteiger partial charge in [0, 0.05) is 35.8 Å². The summed E-state index contributed by atoms with van der Waals surface area (Å²) in [5.41, 5.74) is 10.4. The highest BCUT2D eigenvalue weighted by Gasteiger charge is 2.14. The van der Waals surface area contributed by atoms with Gasteiger partial charge in [-0.15, -0.1) is 0 Å². The Morgan fingerprint density at radius 2 is 1.97 bits per heavy atom. The molecule has 1 aromatic carbocycles. The molecule has 31 heavy (non-hydrogen) atoms. The first-order chi connectivity index (χ1) is 14.9. The van der Waals surface area contributed by atoms with E-state index in [9.17, 15) is 4.79 Å². The van der Waals surface area contributed by atoms with E-state index in [2.05, 4.69) is 30.9 Å². The first-order valence-corrected chi connectivity index (χ1v) is 10.8. The maximum Gasteiger partial charge on any atom is 0.328 e. The molecule has 2 aromatic heterocycles. The third-order valence-corrected chi connectivity index (χ3v) is 5.26. The molecule has 0 bridgehead atoms. The first kappa shape index (κ1) is 22.3. The van der Waals surface area contributed by atoms with Gasteiger partial charge < -0.3 is 11.6 Å². The van der Waals surface area contributed by atoms with Crippen LogP contribution in [-0.2, 0) is 19.5 Å². The van der Waals surface area contributed by atoms with Crippen molar-refractivity contribution in [3.05, 3.63) is 76.1 Å². The van der Waals surface area contributed by atoms with Gasteiger partial charge in [0.2, 0.25) is 0 Å². The fraction of sp³-hybridized carbons (Fsp3) is 0.375. The van der Waals surface area contributed by atoms with Crippen LogP contribution in [0.2, 0.25) is 0 Å². The lowest BCUT2D eigenvalue weighted by atomic mass is 10.0. The fourth-order valence-electron chi connectivity index (χ4n) is 3.69. The molecule has 3 rings (SSSR count). The molecule has 7 nitrogen and oxygen atoms in total. The Morgan fingerprint density at radius 1 is 1.19 bits per heavy atom. The van der Waals surface area contributed by atoms with Crippen LogP contribution in [-0.4, -0.2) is 20.0 Å². The van der Waals surface area contributed by atoms with Crippen LogP contribution in [0, 0.1) is 5.92 Å². The summed E-state index contributed by atoms with van der Waals surface area (Å²) in [6.45, 7) is 7.64. The molecule has 7 heteroatoms. The number of hydrogen-bond donors (Lipinski definition) is 2. The van der Waals surface area contributed by atoms with Gasteiger partial charge in [-0.2, -0.15) is 5.10 Å². The molecule has 0 amide bonds. The van der Waals surface area contributed by atoms with Crippen molar-refractivity contribution in [3.8, 4) is 11.3 Å². The van der Waals surface area contributed by atoms with E-state index >= 15 is 0 Å². The summed E-state index contributed by atoms with van der Waals surface area (Å²) in [4.78, 5) is 17.6. The number of aromatic nitrogens is 3. The highest BCUT2D eigenvalue weighted by atomic mass is 16.1. The second kappa shape index (κ2) is 10.1. The smallest absolute Gasteiger partial charge is 0.328 e. The molecular weight excluding hydrogens is 388 g/mol. The minimum absolute atomic E-state index is 0.0427. The second-order valence-corrected chi connectivity index (χ2v) is 8.25. The molecule has 0 atom stereocenters. The van der Waals surface area contributed by atoms with E-state index in [0.717, 1.165) is 53.9 Å². The zero-order valence-corrected chi connectivity index (χ0v) is 18.6. The fourth-order valence-corrected chi connectivity index (χ4v) is 3.69. The Morgan fingerprint density at radius 3 is 2.61 bits per heavy atom. The molecule has 0 spiro atoms. The average Bonchev–Trinajstić information content (AvgIpc) is 3.06. The number of amidine groups is 1. The number of rotatable bonds is 9. The van der Waals surface area contributed by atoms with E-state index in [1.165, 1.54) is 0 Å². The van der Waals surface area contributed by atoms with Crippen molar-refractivity contribution in [2.75, 3.05) is 0 Å². The summed E-state index contributed by atoms with van der Waals surface area (Å²) in [5.74, 6) is 6.04. The molecule has 0 aliphatic heterocycles. The van der Waals surface area contributed by atoms with Gasteiger partial charge in [-0.1, -0.05) is 57.5 Å². The van der Waals surface area contributed by atoms with E-state index < -0.39 is 0 Å². The molecular formula is C24H32N6O. The van der Waals surface area contributed by atoms with E-state index in [0.29, 0.717) is 12.5 Å². The zero-order chi connectivity index (χ0) is 22.4. The summed E-state index contributed by atoms with van der Waals surface area (Å²) < 4.78 is 3.71. The molecule has 0 saturated carbocycles. The molecule has 164 valence electrons. The summed E-state index contributed by atoms with van der Waals surface area (Å²) in [5, 5.41) is 3.61. The topological polar surface area (TPSA) is 104 Å². The van der Waals surface area contributed by atoms with Gasteiger partial charge in [0.1, 0.15) is 0 Å². The molecule has 0 unspecified atom stereocenters. The summed E-state index contributed by atoms with van der Waals surface area (Å²) >= 11 is 0. The standard InChI is InChI=1S/C24H32N6O/c1-4-5-8-19-16-29(14-17(2)3)24(31)30(19)15-18-11-12-22(27-13-18)20-9-6-7-10-21(20)23(25)28-26/h6-7,9-13,16-17H,4-5,8,14-15,26H2,1-3H3,(H2,25,28). The van der Waals surface area contributed by atoms with Gasteiger partial charge in [0.25, 0.3) is 0 Å². The molecule has 0 saturated heterocycles. The first-order valence-electron chi connectivity index (χ1n) is 10.8. The lowest BCUT2D eigenvalue weighted by molar-refractivity contribution is 0.503. The van der Waals surface area contributed by atoms with Crippen LogP contribution in [0.4, 0.5) is 0 Å². The zero-order valence-electron chi connectivity index (χ0n) is 18.6. The Bertz CT molecular complexity index is 1090. The van der Waals surface area contributed by atoms with Gasteiger partial charge in [-0.05, 0) is 30.4 Å². The predicted octanol–water partition coefficient (Wildman–Crippen LogP) is 3.34. The number of nitrogens with two attached hydrogens (primary N) is 2. The van der Waals surface area contributed by atoms with Crippen molar-refractivity contribution < 1.29 is 0 Å². The molecule has 0 aliphatic carbocycles. The van der Waals surface area contributed by atoms with Crippen molar-refractivity contribution in [3.63, 3.8) is 0 Å². The number of hydrogen-bond acceptors (Lipinski definition) is 4.